The molecule has 0 bridgehead atoms. The van der Waals surface area contributed by atoms with Crippen molar-refractivity contribution in [3.05, 3.63) is 53.3 Å². The van der Waals surface area contributed by atoms with E-state index < -0.39 is 0 Å². The topological polar surface area (TPSA) is 48.7 Å². The minimum atomic E-state index is 0.687. The highest BCUT2D eigenvalue weighted by molar-refractivity contribution is 5.89. The molecule has 0 atom stereocenters. The monoisotopic (exact) mass is 347 g/mol. The molecule has 4 rings (SSSR count). The smallest absolute Gasteiger partial charge is 0.150 e. The molecule has 2 aromatic carbocycles. The van der Waals surface area contributed by atoms with Crippen LogP contribution in [0.15, 0.2) is 36.4 Å². The Morgan fingerprint density at radius 1 is 0.885 bits per heavy atom. The van der Waals surface area contributed by atoms with Crippen LogP contribution in [0.2, 0.25) is 0 Å². The maximum Gasteiger partial charge on any atom is 0.150 e. The summed E-state index contributed by atoms with van der Waals surface area (Å²) in [5, 5.41) is 0. The molecule has 0 amide bonds. The van der Waals surface area contributed by atoms with Crippen LogP contribution in [-0.4, -0.2) is 28.6 Å². The van der Waals surface area contributed by atoms with Crippen LogP contribution < -0.4 is 9.47 Å². The second-order valence-electron chi connectivity index (χ2n) is 6.41. The summed E-state index contributed by atoms with van der Waals surface area (Å²) >= 11 is 0. The second-order valence-corrected chi connectivity index (χ2v) is 6.41. The van der Waals surface area contributed by atoms with Gasteiger partial charge in [0.25, 0.3) is 0 Å². The summed E-state index contributed by atoms with van der Waals surface area (Å²) in [6.45, 7) is 6.13. The standard InChI is InChI=1S/C21H21N3O2/c1-12-8-6-7-9-16(12)21-23-14(3)20-13(2)22-19-17(24(20)21)10-15(25-4)11-18(19)26-5/h6-11H,1-5H3. The van der Waals surface area contributed by atoms with Crippen molar-refractivity contribution < 1.29 is 9.47 Å². The van der Waals surface area contributed by atoms with Crippen molar-refractivity contribution in [2.75, 3.05) is 14.2 Å². The Labute approximate surface area is 152 Å². The van der Waals surface area contributed by atoms with Gasteiger partial charge in [0.2, 0.25) is 0 Å². The molecule has 0 aliphatic heterocycles. The van der Waals surface area contributed by atoms with Gasteiger partial charge in [-0.25, -0.2) is 9.97 Å². The highest BCUT2D eigenvalue weighted by atomic mass is 16.5. The van der Waals surface area contributed by atoms with E-state index in [2.05, 4.69) is 23.5 Å². The van der Waals surface area contributed by atoms with Gasteiger partial charge in [-0.3, -0.25) is 4.40 Å². The first-order chi connectivity index (χ1) is 12.5. The molecule has 0 aliphatic rings. The number of aryl methyl sites for hydroxylation is 3. The van der Waals surface area contributed by atoms with Crippen LogP contribution in [0.3, 0.4) is 0 Å². The van der Waals surface area contributed by atoms with Gasteiger partial charge < -0.3 is 9.47 Å². The molecule has 2 aromatic heterocycles. The number of ether oxygens (including phenoxy) is 2. The summed E-state index contributed by atoms with van der Waals surface area (Å²) in [4.78, 5) is 9.68. The van der Waals surface area contributed by atoms with Gasteiger partial charge in [-0.05, 0) is 26.3 Å². The summed E-state index contributed by atoms with van der Waals surface area (Å²) in [5.74, 6) is 2.32. The van der Waals surface area contributed by atoms with Crippen LogP contribution in [0.5, 0.6) is 11.5 Å². The Balaban J connectivity index is 2.23. The highest BCUT2D eigenvalue weighted by Crippen LogP contribution is 2.35. The summed E-state index contributed by atoms with van der Waals surface area (Å²) in [6, 6.07) is 12.1. The Hall–Kier alpha value is -3.08. The van der Waals surface area contributed by atoms with Crippen LogP contribution in [0, 0.1) is 20.8 Å². The SMILES string of the molecule is COc1cc(OC)c2nc(C)c3c(C)nc(-c4ccccc4C)n3c2c1. The molecule has 26 heavy (non-hydrogen) atoms. The lowest BCUT2D eigenvalue weighted by Gasteiger charge is -2.13. The third kappa shape index (κ3) is 2.31. The average Bonchev–Trinajstić information content (AvgIpc) is 2.99. The van der Waals surface area contributed by atoms with Crippen molar-refractivity contribution in [2.45, 2.75) is 20.8 Å². The van der Waals surface area contributed by atoms with E-state index in [0.29, 0.717) is 5.75 Å². The fourth-order valence-electron chi connectivity index (χ4n) is 3.54. The minimum absolute atomic E-state index is 0.687. The van der Waals surface area contributed by atoms with Crippen molar-refractivity contribution in [3.8, 4) is 22.9 Å². The average molecular weight is 347 g/mol. The summed E-state index contributed by atoms with van der Waals surface area (Å²) in [6.07, 6.45) is 0. The zero-order valence-corrected chi connectivity index (χ0v) is 15.6. The lowest BCUT2D eigenvalue weighted by molar-refractivity contribution is 0.397. The Kier molecular flexibility index (Phi) is 3.80. The van der Waals surface area contributed by atoms with E-state index in [1.54, 1.807) is 14.2 Å². The molecular formula is C21H21N3O2. The first-order valence-corrected chi connectivity index (χ1v) is 8.52. The quantitative estimate of drug-likeness (QED) is 0.548. The molecule has 0 unspecified atom stereocenters. The molecule has 0 saturated carbocycles. The molecule has 0 saturated heterocycles. The van der Waals surface area contributed by atoms with Gasteiger partial charge in [-0.1, -0.05) is 24.3 Å². The van der Waals surface area contributed by atoms with Gasteiger partial charge in [0.05, 0.1) is 36.6 Å². The predicted molar refractivity (Wildman–Crippen MR) is 103 cm³/mol. The van der Waals surface area contributed by atoms with Crippen LogP contribution in [-0.2, 0) is 0 Å². The Morgan fingerprint density at radius 2 is 1.62 bits per heavy atom. The van der Waals surface area contributed by atoms with E-state index in [1.165, 1.54) is 5.56 Å². The third-order valence-electron chi connectivity index (χ3n) is 4.78. The van der Waals surface area contributed by atoms with Crippen molar-refractivity contribution in [3.63, 3.8) is 0 Å². The second kappa shape index (κ2) is 6.02. The van der Waals surface area contributed by atoms with Crippen molar-refractivity contribution in [2.24, 2.45) is 0 Å². The fourth-order valence-corrected chi connectivity index (χ4v) is 3.54. The molecular weight excluding hydrogens is 326 g/mol. The van der Waals surface area contributed by atoms with E-state index >= 15 is 0 Å². The first kappa shape index (κ1) is 16.4. The van der Waals surface area contributed by atoms with Gasteiger partial charge in [0.15, 0.2) is 0 Å². The molecule has 0 aliphatic carbocycles. The number of aromatic nitrogens is 3. The van der Waals surface area contributed by atoms with Gasteiger partial charge >= 0.3 is 0 Å². The molecule has 2 heterocycles. The maximum atomic E-state index is 5.57. The van der Waals surface area contributed by atoms with Crippen molar-refractivity contribution in [1.29, 1.82) is 0 Å². The summed E-state index contributed by atoms with van der Waals surface area (Å²) in [5.41, 5.74) is 6.89. The zero-order valence-electron chi connectivity index (χ0n) is 15.6. The number of benzene rings is 2. The molecule has 4 aromatic rings. The van der Waals surface area contributed by atoms with Gasteiger partial charge in [0.1, 0.15) is 22.8 Å². The maximum absolute atomic E-state index is 5.57. The largest absolute Gasteiger partial charge is 0.497 e. The van der Waals surface area contributed by atoms with Crippen LogP contribution in [0.1, 0.15) is 17.0 Å². The Bertz CT molecular complexity index is 1150. The van der Waals surface area contributed by atoms with Crippen molar-refractivity contribution in [1.82, 2.24) is 14.4 Å². The molecule has 132 valence electrons. The predicted octanol–water partition coefficient (Wildman–Crippen LogP) is 4.49. The third-order valence-corrected chi connectivity index (χ3v) is 4.78. The van der Waals surface area contributed by atoms with E-state index in [9.17, 15) is 0 Å². The van der Waals surface area contributed by atoms with Crippen molar-refractivity contribution >= 4 is 16.6 Å². The number of imidazole rings is 1. The minimum Gasteiger partial charge on any atom is -0.497 e. The van der Waals surface area contributed by atoms with E-state index in [-0.39, 0.29) is 0 Å². The summed E-state index contributed by atoms with van der Waals surface area (Å²) in [7, 11) is 3.30. The number of hydrogen-bond donors (Lipinski definition) is 0. The fraction of sp³-hybridized carbons (Fsp3) is 0.238. The molecule has 0 N–H and O–H groups in total. The van der Waals surface area contributed by atoms with E-state index in [0.717, 1.165) is 45.1 Å². The zero-order chi connectivity index (χ0) is 18.4. The number of fused-ring (bicyclic) bond motifs is 3. The molecule has 0 fully saturated rings. The van der Waals surface area contributed by atoms with Gasteiger partial charge in [-0.15, -0.1) is 0 Å². The number of nitrogens with zero attached hydrogens (tertiary/aromatic N) is 3. The van der Waals surface area contributed by atoms with Crippen LogP contribution in [0.25, 0.3) is 27.9 Å². The van der Waals surface area contributed by atoms with Crippen LogP contribution in [0.4, 0.5) is 0 Å². The number of hydrogen-bond acceptors (Lipinski definition) is 4. The van der Waals surface area contributed by atoms with Gasteiger partial charge in [0, 0.05) is 17.7 Å². The number of methoxy groups -OCH3 is 2. The molecule has 5 heteroatoms. The normalized spacial score (nSPS) is 11.3. The lowest BCUT2D eigenvalue weighted by Crippen LogP contribution is -2.00. The Morgan fingerprint density at radius 3 is 2.31 bits per heavy atom. The molecule has 5 nitrogen and oxygen atoms in total. The lowest BCUT2D eigenvalue weighted by atomic mass is 10.1. The van der Waals surface area contributed by atoms with Crippen LogP contribution >= 0.6 is 0 Å². The first-order valence-electron chi connectivity index (χ1n) is 8.52. The highest BCUT2D eigenvalue weighted by Gasteiger charge is 2.19. The number of rotatable bonds is 3. The summed E-state index contributed by atoms with van der Waals surface area (Å²) < 4.78 is 13.2. The molecule has 0 radical (unpaired) electrons. The van der Waals surface area contributed by atoms with E-state index in [1.807, 2.05) is 38.1 Å². The molecule has 0 spiro atoms. The van der Waals surface area contributed by atoms with Gasteiger partial charge in [-0.2, -0.15) is 0 Å². The van der Waals surface area contributed by atoms with E-state index in [4.69, 9.17) is 19.4 Å².